The van der Waals surface area contributed by atoms with Crippen LogP contribution in [0.25, 0.3) is 0 Å². The molecular formula is C23H28N6O6S. The van der Waals surface area contributed by atoms with Crippen molar-refractivity contribution in [3.05, 3.63) is 71.3 Å². The molecule has 1 aliphatic rings. The molecule has 2 atom stereocenters. The Morgan fingerprint density at radius 1 is 1.22 bits per heavy atom. The van der Waals surface area contributed by atoms with Gasteiger partial charge >= 0.3 is 5.97 Å². The number of oxime groups is 1. The number of rotatable bonds is 12. The molecule has 0 saturated carbocycles. The van der Waals surface area contributed by atoms with Gasteiger partial charge in [0, 0.05) is 32.1 Å². The maximum atomic E-state index is 12.6. The highest BCUT2D eigenvalue weighted by molar-refractivity contribution is 7.87. The lowest BCUT2D eigenvalue weighted by atomic mass is 10.0. The number of hydrogen-bond acceptors (Lipinski definition) is 7. The summed E-state index contributed by atoms with van der Waals surface area (Å²) >= 11 is 0. The molecule has 12 nitrogen and oxygen atoms in total. The van der Waals surface area contributed by atoms with Crippen molar-refractivity contribution >= 4 is 33.6 Å². The van der Waals surface area contributed by atoms with E-state index in [0.717, 1.165) is 15.4 Å². The van der Waals surface area contributed by atoms with Crippen LogP contribution in [0.3, 0.4) is 0 Å². The average Bonchev–Trinajstić information content (AvgIpc) is 3.30. The monoisotopic (exact) mass is 516 g/mol. The first-order valence-electron chi connectivity index (χ1n) is 11.0. The third kappa shape index (κ3) is 7.34. The summed E-state index contributed by atoms with van der Waals surface area (Å²) in [5.74, 6) is -1.99. The molecule has 3 rings (SSSR count). The maximum Gasteiger partial charge on any atom is 0.323 e. The van der Waals surface area contributed by atoms with E-state index in [2.05, 4.69) is 15.2 Å². The Bertz CT molecular complexity index is 1230. The van der Waals surface area contributed by atoms with Crippen LogP contribution in [0.15, 0.2) is 59.8 Å². The highest BCUT2D eigenvalue weighted by Gasteiger charge is 2.29. The minimum Gasteiger partial charge on any atom is -0.480 e. The smallest absolute Gasteiger partial charge is 0.323 e. The predicted molar refractivity (Wildman–Crippen MR) is 133 cm³/mol. The zero-order valence-electron chi connectivity index (χ0n) is 19.5. The van der Waals surface area contributed by atoms with Gasteiger partial charge in [0.05, 0.1) is 12.1 Å². The molecule has 0 aromatic heterocycles. The molecule has 36 heavy (non-hydrogen) atoms. The van der Waals surface area contributed by atoms with Gasteiger partial charge in [0.1, 0.15) is 18.0 Å². The Morgan fingerprint density at radius 3 is 2.50 bits per heavy atom. The SMILES string of the molecule is CN(Cc1ccccc1)S(=O)(=O)N[C@@H](CNC(=O)CC1CC(c2ccc(C(=N)N)cc2)=NO1)C(=O)O. The molecular weight excluding hydrogens is 488 g/mol. The second-order valence-electron chi connectivity index (χ2n) is 8.22. The number of carboxylic acids is 1. The quantitative estimate of drug-likeness (QED) is 0.199. The first kappa shape index (κ1) is 26.8. The van der Waals surface area contributed by atoms with Gasteiger partial charge in [0.15, 0.2) is 0 Å². The lowest BCUT2D eigenvalue weighted by Crippen LogP contribution is -2.52. The summed E-state index contributed by atoms with van der Waals surface area (Å²) in [6, 6.07) is 14.2. The summed E-state index contributed by atoms with van der Waals surface area (Å²) in [6.45, 7) is -0.396. The number of hydrogen-bond donors (Lipinski definition) is 5. The van der Waals surface area contributed by atoms with Crippen molar-refractivity contribution in [2.75, 3.05) is 13.6 Å². The van der Waals surface area contributed by atoms with Crippen LogP contribution in [0.1, 0.15) is 29.5 Å². The van der Waals surface area contributed by atoms with Gasteiger partial charge < -0.3 is 21.0 Å². The number of nitrogens with two attached hydrogens (primary N) is 1. The number of carbonyl (C=O) groups excluding carboxylic acids is 1. The largest absolute Gasteiger partial charge is 0.480 e. The van der Waals surface area contributed by atoms with Crippen LogP contribution >= 0.6 is 0 Å². The van der Waals surface area contributed by atoms with Crippen molar-refractivity contribution < 1.29 is 28.0 Å². The van der Waals surface area contributed by atoms with Gasteiger partial charge in [-0.15, -0.1) is 0 Å². The summed E-state index contributed by atoms with van der Waals surface area (Å²) in [5, 5.41) is 23.3. The fourth-order valence-electron chi connectivity index (χ4n) is 3.42. The third-order valence-corrected chi connectivity index (χ3v) is 6.96. The molecule has 0 spiro atoms. The minimum atomic E-state index is -4.13. The molecule has 192 valence electrons. The Hall–Kier alpha value is -3.81. The lowest BCUT2D eigenvalue weighted by molar-refractivity contribution is -0.139. The van der Waals surface area contributed by atoms with Crippen LogP contribution in [0.5, 0.6) is 0 Å². The number of amidine groups is 1. The van der Waals surface area contributed by atoms with Crippen molar-refractivity contribution in [2.24, 2.45) is 10.9 Å². The highest BCUT2D eigenvalue weighted by atomic mass is 32.2. The van der Waals surface area contributed by atoms with E-state index in [1.807, 2.05) is 0 Å². The van der Waals surface area contributed by atoms with Crippen molar-refractivity contribution in [3.8, 4) is 0 Å². The van der Waals surface area contributed by atoms with Gasteiger partial charge in [-0.3, -0.25) is 15.0 Å². The van der Waals surface area contributed by atoms with Crippen LogP contribution in [-0.4, -0.2) is 67.0 Å². The van der Waals surface area contributed by atoms with Crippen LogP contribution < -0.4 is 15.8 Å². The van der Waals surface area contributed by atoms with Crippen molar-refractivity contribution in [1.29, 1.82) is 5.41 Å². The molecule has 0 bridgehead atoms. The molecule has 1 unspecified atom stereocenters. The molecule has 0 fully saturated rings. The molecule has 2 aromatic carbocycles. The summed E-state index contributed by atoms with van der Waals surface area (Å²) < 4.78 is 28.3. The van der Waals surface area contributed by atoms with Crippen LogP contribution in [0.4, 0.5) is 0 Å². The predicted octanol–water partition coefficient (Wildman–Crippen LogP) is 0.390. The zero-order chi connectivity index (χ0) is 26.3. The first-order chi connectivity index (χ1) is 17.0. The number of nitrogen functional groups attached to an aromatic ring is 1. The van der Waals surface area contributed by atoms with Gasteiger partial charge in [0.2, 0.25) is 5.91 Å². The Balaban J connectivity index is 1.49. The Labute approximate surface area is 208 Å². The van der Waals surface area contributed by atoms with E-state index in [1.54, 1.807) is 54.6 Å². The van der Waals surface area contributed by atoms with E-state index in [9.17, 15) is 23.1 Å². The number of amides is 1. The number of aliphatic carboxylic acids is 1. The van der Waals surface area contributed by atoms with E-state index >= 15 is 0 Å². The molecule has 1 aliphatic heterocycles. The second kappa shape index (κ2) is 11.7. The molecule has 2 aromatic rings. The van der Waals surface area contributed by atoms with Gasteiger partial charge in [-0.25, -0.2) is 0 Å². The normalized spacial score (nSPS) is 16.2. The molecule has 1 amide bonds. The molecule has 1 heterocycles. The fourth-order valence-corrected chi connectivity index (χ4v) is 4.46. The van der Waals surface area contributed by atoms with Crippen LogP contribution in [0, 0.1) is 5.41 Å². The molecule has 6 N–H and O–H groups in total. The van der Waals surface area contributed by atoms with Crippen molar-refractivity contribution in [3.63, 3.8) is 0 Å². The van der Waals surface area contributed by atoms with Gasteiger partial charge in [-0.2, -0.15) is 17.4 Å². The highest BCUT2D eigenvalue weighted by Crippen LogP contribution is 2.19. The van der Waals surface area contributed by atoms with E-state index in [0.29, 0.717) is 17.7 Å². The second-order valence-corrected chi connectivity index (χ2v) is 10.0. The first-order valence-corrected chi connectivity index (χ1v) is 12.4. The van der Waals surface area contributed by atoms with E-state index in [4.69, 9.17) is 16.0 Å². The Kier molecular flexibility index (Phi) is 8.74. The number of carbonyl (C=O) groups is 2. The number of nitrogens with zero attached hydrogens (tertiary/aromatic N) is 2. The number of nitrogens with one attached hydrogen (secondary N) is 3. The maximum absolute atomic E-state index is 12.6. The van der Waals surface area contributed by atoms with E-state index in [-0.39, 0.29) is 18.8 Å². The third-order valence-electron chi connectivity index (χ3n) is 5.43. The minimum absolute atomic E-state index is 0.0493. The summed E-state index contributed by atoms with van der Waals surface area (Å²) in [7, 11) is -2.80. The topological polar surface area (TPSA) is 187 Å². The molecule has 0 aliphatic carbocycles. The molecule has 0 radical (unpaired) electrons. The van der Waals surface area contributed by atoms with Crippen LogP contribution in [0.2, 0.25) is 0 Å². The standard InChI is InChI=1S/C23H28N6O6S/c1-29(14-15-5-3-2-4-6-15)36(33,34)28-20(23(31)32)13-26-21(30)12-18-11-19(27-35-18)16-7-9-17(10-8-16)22(24)25/h2-10,18,20,28H,11-14H2,1H3,(H3,24,25)(H,26,30)(H,31,32)/t18?,20-/m0/s1. The summed E-state index contributed by atoms with van der Waals surface area (Å²) in [4.78, 5) is 29.3. The van der Waals surface area contributed by atoms with E-state index in [1.165, 1.54) is 7.05 Å². The molecule has 13 heteroatoms. The van der Waals surface area contributed by atoms with E-state index < -0.39 is 40.8 Å². The van der Waals surface area contributed by atoms with Crippen molar-refractivity contribution in [1.82, 2.24) is 14.3 Å². The lowest BCUT2D eigenvalue weighted by Gasteiger charge is -2.21. The van der Waals surface area contributed by atoms with Crippen LogP contribution in [-0.2, 0) is 31.2 Å². The summed E-state index contributed by atoms with van der Waals surface area (Å²) in [5.41, 5.74) is 8.15. The molecule has 0 saturated heterocycles. The fraction of sp³-hybridized carbons (Fsp3) is 0.304. The van der Waals surface area contributed by atoms with Gasteiger partial charge in [-0.1, -0.05) is 59.8 Å². The number of benzene rings is 2. The van der Waals surface area contributed by atoms with Crippen molar-refractivity contribution in [2.45, 2.75) is 31.5 Å². The zero-order valence-corrected chi connectivity index (χ0v) is 20.4. The number of carboxylic acid groups (broad SMARTS) is 1. The van der Waals surface area contributed by atoms with Gasteiger partial charge in [0.25, 0.3) is 10.2 Å². The average molecular weight is 517 g/mol. The van der Waals surface area contributed by atoms with Gasteiger partial charge in [-0.05, 0) is 11.1 Å². The Morgan fingerprint density at radius 2 is 1.89 bits per heavy atom. The summed E-state index contributed by atoms with van der Waals surface area (Å²) in [6.07, 6.45) is -0.290.